The van der Waals surface area contributed by atoms with Crippen molar-refractivity contribution in [2.75, 3.05) is 12.1 Å². The summed E-state index contributed by atoms with van der Waals surface area (Å²) in [6, 6.07) is 14.5. The fourth-order valence-electron chi connectivity index (χ4n) is 2.39. The summed E-state index contributed by atoms with van der Waals surface area (Å²) >= 11 is 6.27. The van der Waals surface area contributed by atoms with E-state index in [9.17, 15) is 0 Å². The van der Waals surface area contributed by atoms with Crippen LogP contribution >= 0.6 is 11.6 Å². The number of aryl methyl sites for hydroxylation is 1. The third-order valence-electron chi connectivity index (χ3n) is 3.57. The van der Waals surface area contributed by atoms with Crippen molar-refractivity contribution < 1.29 is 9.47 Å². The van der Waals surface area contributed by atoms with Gasteiger partial charge in [0.15, 0.2) is 11.5 Å². The maximum absolute atomic E-state index is 6.27. The van der Waals surface area contributed by atoms with Crippen molar-refractivity contribution in [2.24, 2.45) is 0 Å². The third kappa shape index (κ3) is 3.42. The second kappa shape index (κ2) is 6.27. The maximum Gasteiger partial charge on any atom is 0.231 e. The highest BCUT2D eigenvalue weighted by molar-refractivity contribution is 6.33. The summed E-state index contributed by atoms with van der Waals surface area (Å²) in [5.41, 5.74) is 2.24. The van der Waals surface area contributed by atoms with Crippen molar-refractivity contribution in [3.8, 4) is 11.5 Å². The van der Waals surface area contributed by atoms with Gasteiger partial charge in [0.1, 0.15) is 0 Å². The molecule has 3 rings (SSSR count). The molecule has 1 heterocycles. The van der Waals surface area contributed by atoms with Crippen molar-refractivity contribution in [1.29, 1.82) is 0 Å². The van der Waals surface area contributed by atoms with Crippen molar-refractivity contribution in [2.45, 2.75) is 25.8 Å². The molecule has 1 aliphatic rings. The molecule has 0 radical (unpaired) electrons. The number of hydrogen-bond donors (Lipinski definition) is 1. The maximum atomic E-state index is 6.27. The molecule has 3 nitrogen and oxygen atoms in total. The molecule has 0 spiro atoms. The van der Waals surface area contributed by atoms with Gasteiger partial charge in [0.25, 0.3) is 0 Å². The van der Waals surface area contributed by atoms with Gasteiger partial charge in [-0.15, -0.1) is 0 Å². The van der Waals surface area contributed by atoms with Gasteiger partial charge < -0.3 is 14.8 Å². The van der Waals surface area contributed by atoms with Crippen LogP contribution in [0.5, 0.6) is 11.5 Å². The number of benzene rings is 2. The summed E-state index contributed by atoms with van der Waals surface area (Å²) in [7, 11) is 0. The molecule has 2 aromatic carbocycles. The van der Waals surface area contributed by atoms with Crippen LogP contribution in [0.25, 0.3) is 0 Å². The monoisotopic (exact) mass is 303 g/mol. The minimum atomic E-state index is 0.263. The molecule has 0 saturated heterocycles. The number of halogens is 1. The lowest BCUT2D eigenvalue weighted by Gasteiger charge is -2.16. The molecule has 4 heteroatoms. The summed E-state index contributed by atoms with van der Waals surface area (Å²) in [6.07, 6.45) is 2.08. The van der Waals surface area contributed by atoms with Crippen molar-refractivity contribution in [1.82, 2.24) is 0 Å². The van der Waals surface area contributed by atoms with Gasteiger partial charge in [0.05, 0.1) is 10.7 Å². The molecule has 1 unspecified atom stereocenters. The first kappa shape index (κ1) is 14.1. The molecule has 110 valence electrons. The highest BCUT2D eigenvalue weighted by Crippen LogP contribution is 2.39. The number of ether oxygens (including phenoxy) is 2. The average molecular weight is 304 g/mol. The topological polar surface area (TPSA) is 30.5 Å². The standard InChI is InChI=1S/C17H18ClNO2/c1-12(7-8-13-5-3-2-4-6-13)19-15-10-17-16(9-14(15)18)20-11-21-17/h2-6,9-10,12,19H,7-8,11H2,1H3. The van der Waals surface area contributed by atoms with Gasteiger partial charge in [-0.2, -0.15) is 0 Å². The lowest BCUT2D eigenvalue weighted by Crippen LogP contribution is -2.16. The number of anilines is 1. The summed E-state index contributed by atoms with van der Waals surface area (Å²) in [4.78, 5) is 0. The Bertz CT molecular complexity index is 616. The Morgan fingerprint density at radius 1 is 1.14 bits per heavy atom. The Balaban J connectivity index is 1.61. The van der Waals surface area contributed by atoms with Gasteiger partial charge in [-0.3, -0.25) is 0 Å². The summed E-state index contributed by atoms with van der Waals surface area (Å²) in [5.74, 6) is 1.46. The zero-order valence-electron chi connectivity index (χ0n) is 11.9. The van der Waals surface area contributed by atoms with Gasteiger partial charge in [-0.05, 0) is 25.3 Å². The molecular formula is C17H18ClNO2. The molecule has 0 bridgehead atoms. The summed E-state index contributed by atoms with van der Waals surface area (Å²) in [5, 5.41) is 4.10. The normalized spacial score (nSPS) is 14.0. The van der Waals surface area contributed by atoms with E-state index in [1.807, 2.05) is 12.1 Å². The van der Waals surface area contributed by atoms with Crippen LogP contribution in [0.1, 0.15) is 18.9 Å². The van der Waals surface area contributed by atoms with E-state index in [2.05, 4.69) is 36.5 Å². The SMILES string of the molecule is CC(CCc1ccccc1)Nc1cc2c(cc1Cl)OCO2. The predicted molar refractivity (Wildman–Crippen MR) is 85.4 cm³/mol. The molecule has 1 aliphatic heterocycles. The van der Waals surface area contributed by atoms with Crippen molar-refractivity contribution >= 4 is 17.3 Å². The third-order valence-corrected chi connectivity index (χ3v) is 3.89. The smallest absolute Gasteiger partial charge is 0.231 e. The van der Waals surface area contributed by atoms with Crippen LogP contribution in [-0.4, -0.2) is 12.8 Å². The quantitative estimate of drug-likeness (QED) is 0.882. The molecule has 0 aromatic heterocycles. The second-order valence-electron chi connectivity index (χ2n) is 5.25. The number of nitrogens with one attached hydrogen (secondary N) is 1. The van der Waals surface area contributed by atoms with Crippen molar-refractivity contribution in [3.63, 3.8) is 0 Å². The van der Waals surface area contributed by atoms with Crippen LogP contribution in [0.3, 0.4) is 0 Å². The minimum Gasteiger partial charge on any atom is -0.454 e. The lowest BCUT2D eigenvalue weighted by molar-refractivity contribution is 0.174. The first-order valence-corrected chi connectivity index (χ1v) is 7.50. The molecule has 1 N–H and O–H groups in total. The zero-order valence-corrected chi connectivity index (χ0v) is 12.7. The molecule has 0 saturated carbocycles. The van der Waals surface area contributed by atoms with Gasteiger partial charge in [0.2, 0.25) is 6.79 Å². The van der Waals surface area contributed by atoms with E-state index in [4.69, 9.17) is 21.1 Å². The molecule has 1 atom stereocenters. The fraction of sp³-hybridized carbons (Fsp3) is 0.294. The fourth-order valence-corrected chi connectivity index (χ4v) is 2.60. The molecule has 0 amide bonds. The molecule has 2 aromatic rings. The first-order chi connectivity index (χ1) is 10.2. The van der Waals surface area contributed by atoms with Gasteiger partial charge >= 0.3 is 0 Å². The van der Waals surface area contributed by atoms with Crippen LogP contribution in [-0.2, 0) is 6.42 Å². The number of hydrogen-bond acceptors (Lipinski definition) is 3. The van der Waals surface area contributed by atoms with Crippen LogP contribution in [0, 0.1) is 0 Å². The molecule has 0 fully saturated rings. The minimum absolute atomic E-state index is 0.263. The van der Waals surface area contributed by atoms with Crippen LogP contribution in [0.4, 0.5) is 5.69 Å². The van der Waals surface area contributed by atoms with E-state index in [-0.39, 0.29) is 6.79 Å². The average Bonchev–Trinajstić information content (AvgIpc) is 2.94. The largest absolute Gasteiger partial charge is 0.454 e. The van der Waals surface area contributed by atoms with E-state index < -0.39 is 0 Å². The van der Waals surface area contributed by atoms with Crippen LogP contribution in [0.2, 0.25) is 5.02 Å². The summed E-state index contributed by atoms with van der Waals surface area (Å²) in [6.45, 7) is 2.42. The van der Waals surface area contributed by atoms with E-state index >= 15 is 0 Å². The highest BCUT2D eigenvalue weighted by atomic mass is 35.5. The van der Waals surface area contributed by atoms with Crippen molar-refractivity contribution in [3.05, 3.63) is 53.1 Å². The number of fused-ring (bicyclic) bond motifs is 1. The Labute approximate surface area is 129 Å². The Morgan fingerprint density at radius 3 is 2.62 bits per heavy atom. The van der Waals surface area contributed by atoms with Gasteiger partial charge in [0, 0.05) is 18.2 Å². The van der Waals surface area contributed by atoms with Crippen LogP contribution < -0.4 is 14.8 Å². The summed E-state index contributed by atoms with van der Waals surface area (Å²) < 4.78 is 10.7. The van der Waals surface area contributed by atoms with E-state index in [0.717, 1.165) is 24.3 Å². The van der Waals surface area contributed by atoms with Crippen LogP contribution in [0.15, 0.2) is 42.5 Å². The van der Waals surface area contributed by atoms with E-state index in [1.54, 1.807) is 6.07 Å². The van der Waals surface area contributed by atoms with Gasteiger partial charge in [-0.1, -0.05) is 41.9 Å². The Morgan fingerprint density at radius 2 is 1.86 bits per heavy atom. The second-order valence-corrected chi connectivity index (χ2v) is 5.66. The lowest BCUT2D eigenvalue weighted by atomic mass is 10.1. The van der Waals surface area contributed by atoms with E-state index in [0.29, 0.717) is 16.8 Å². The predicted octanol–water partition coefficient (Wildman–Crippen LogP) is 4.50. The Kier molecular flexibility index (Phi) is 4.20. The molecular weight excluding hydrogens is 286 g/mol. The van der Waals surface area contributed by atoms with Gasteiger partial charge in [-0.25, -0.2) is 0 Å². The highest BCUT2D eigenvalue weighted by Gasteiger charge is 2.17. The zero-order chi connectivity index (χ0) is 14.7. The number of rotatable bonds is 5. The molecule has 0 aliphatic carbocycles. The Hall–Kier alpha value is -1.87. The first-order valence-electron chi connectivity index (χ1n) is 7.12. The van der Waals surface area contributed by atoms with E-state index in [1.165, 1.54) is 5.56 Å². The molecule has 21 heavy (non-hydrogen) atoms.